The predicted molar refractivity (Wildman–Crippen MR) is 104 cm³/mol. The van der Waals surface area contributed by atoms with Crippen molar-refractivity contribution in [2.24, 2.45) is 0 Å². The van der Waals surface area contributed by atoms with Crippen molar-refractivity contribution in [3.05, 3.63) is 45.3 Å². The number of nitrogens with one attached hydrogen (secondary N) is 1. The van der Waals surface area contributed by atoms with Gasteiger partial charge in [-0.15, -0.1) is 11.3 Å². The van der Waals surface area contributed by atoms with Crippen LogP contribution in [0.25, 0.3) is 0 Å². The summed E-state index contributed by atoms with van der Waals surface area (Å²) in [5.41, 5.74) is 3.51. The lowest BCUT2D eigenvalue weighted by molar-refractivity contribution is -0.122. The maximum atomic E-state index is 12.5. The van der Waals surface area contributed by atoms with Gasteiger partial charge in [0.2, 0.25) is 0 Å². The summed E-state index contributed by atoms with van der Waals surface area (Å²) in [6.45, 7) is 11.5. The molecule has 0 bridgehead atoms. The van der Waals surface area contributed by atoms with E-state index in [2.05, 4.69) is 5.32 Å². The Morgan fingerprint density at radius 1 is 1.15 bits per heavy atom. The Bertz CT molecular complexity index is 825. The van der Waals surface area contributed by atoms with Crippen LogP contribution in [0, 0.1) is 27.7 Å². The van der Waals surface area contributed by atoms with Crippen LogP contribution in [0.1, 0.15) is 45.8 Å². The minimum atomic E-state index is -0.699. The van der Waals surface area contributed by atoms with Crippen molar-refractivity contribution in [3.63, 3.8) is 0 Å². The van der Waals surface area contributed by atoms with E-state index in [0.29, 0.717) is 16.3 Å². The van der Waals surface area contributed by atoms with E-state index < -0.39 is 12.1 Å². The van der Waals surface area contributed by atoms with Crippen LogP contribution >= 0.6 is 11.3 Å². The molecule has 1 atom stereocenters. The number of carbonyl (C=O) groups excluding carboxylic acids is 2. The Morgan fingerprint density at radius 3 is 2.46 bits per heavy atom. The van der Waals surface area contributed by atoms with Crippen LogP contribution in [-0.4, -0.2) is 24.6 Å². The maximum Gasteiger partial charge on any atom is 0.341 e. The number of benzene rings is 1. The standard InChI is InChI=1S/C20H25NO4S/c1-7-24-20(23)17-13(4)15(6)26-19(17)21-18(22)14(5)25-16-9-8-11(2)12(3)10-16/h8-10,14H,7H2,1-6H3,(H,21,22)/t14-/m0/s1. The SMILES string of the molecule is CCOC(=O)c1c(NC(=O)[C@H](C)Oc2ccc(C)c(C)c2)sc(C)c1C. The first-order chi connectivity index (χ1) is 12.2. The molecule has 1 aromatic heterocycles. The Labute approximate surface area is 158 Å². The molecule has 0 saturated carbocycles. The number of ether oxygens (including phenoxy) is 2. The van der Waals surface area contributed by atoms with E-state index in [4.69, 9.17) is 9.47 Å². The molecule has 0 aliphatic heterocycles. The van der Waals surface area contributed by atoms with Crippen LogP contribution in [0.3, 0.4) is 0 Å². The number of anilines is 1. The summed E-state index contributed by atoms with van der Waals surface area (Å²) in [4.78, 5) is 25.7. The molecular formula is C20H25NO4S. The zero-order chi connectivity index (χ0) is 19.4. The Hall–Kier alpha value is -2.34. The highest BCUT2D eigenvalue weighted by Crippen LogP contribution is 2.33. The summed E-state index contributed by atoms with van der Waals surface area (Å²) in [6.07, 6.45) is -0.699. The molecule has 0 spiro atoms. The van der Waals surface area contributed by atoms with Crippen molar-refractivity contribution < 1.29 is 19.1 Å². The number of hydrogen-bond donors (Lipinski definition) is 1. The van der Waals surface area contributed by atoms with Gasteiger partial charge in [-0.2, -0.15) is 0 Å². The second-order valence-electron chi connectivity index (χ2n) is 6.20. The summed E-state index contributed by atoms with van der Waals surface area (Å²) in [5, 5.41) is 3.31. The third kappa shape index (κ3) is 4.43. The fraction of sp³-hybridized carbons (Fsp3) is 0.400. The van der Waals surface area contributed by atoms with Crippen molar-refractivity contribution in [1.82, 2.24) is 0 Å². The molecule has 1 amide bonds. The van der Waals surface area contributed by atoms with Crippen LogP contribution in [0.5, 0.6) is 5.75 Å². The highest BCUT2D eigenvalue weighted by atomic mass is 32.1. The molecule has 0 aliphatic rings. The zero-order valence-electron chi connectivity index (χ0n) is 16.1. The Kier molecular flexibility index (Phi) is 6.42. The normalized spacial score (nSPS) is 11.8. The highest BCUT2D eigenvalue weighted by molar-refractivity contribution is 7.16. The van der Waals surface area contributed by atoms with Gasteiger partial charge in [-0.1, -0.05) is 6.07 Å². The van der Waals surface area contributed by atoms with Gasteiger partial charge in [0.25, 0.3) is 5.91 Å². The minimum Gasteiger partial charge on any atom is -0.481 e. The van der Waals surface area contributed by atoms with E-state index in [1.165, 1.54) is 11.3 Å². The summed E-state index contributed by atoms with van der Waals surface area (Å²) in [7, 11) is 0. The van der Waals surface area contributed by atoms with E-state index in [9.17, 15) is 9.59 Å². The molecule has 2 aromatic rings. The smallest absolute Gasteiger partial charge is 0.341 e. The van der Waals surface area contributed by atoms with Crippen LogP contribution in [0.2, 0.25) is 0 Å². The number of amides is 1. The van der Waals surface area contributed by atoms with Crippen LogP contribution < -0.4 is 10.1 Å². The summed E-state index contributed by atoms with van der Waals surface area (Å²) in [6, 6.07) is 5.71. The van der Waals surface area contributed by atoms with Crippen LogP contribution in [0.15, 0.2) is 18.2 Å². The topological polar surface area (TPSA) is 64.6 Å². The van der Waals surface area contributed by atoms with Crippen molar-refractivity contribution in [3.8, 4) is 5.75 Å². The summed E-state index contributed by atoms with van der Waals surface area (Å²) in [5.74, 6) is -0.0951. The first-order valence-corrected chi connectivity index (χ1v) is 9.38. The number of thiophene rings is 1. The second-order valence-corrected chi connectivity index (χ2v) is 7.43. The number of rotatable bonds is 6. The van der Waals surface area contributed by atoms with Gasteiger partial charge in [-0.05, 0) is 70.4 Å². The van der Waals surface area contributed by atoms with E-state index in [0.717, 1.165) is 21.6 Å². The van der Waals surface area contributed by atoms with Crippen LogP contribution in [-0.2, 0) is 9.53 Å². The zero-order valence-corrected chi connectivity index (χ0v) is 16.9. The molecule has 0 unspecified atom stereocenters. The molecule has 0 saturated heterocycles. The van der Waals surface area contributed by atoms with Gasteiger partial charge in [0.05, 0.1) is 12.2 Å². The van der Waals surface area contributed by atoms with Gasteiger partial charge >= 0.3 is 5.97 Å². The maximum absolute atomic E-state index is 12.5. The first kappa shape index (κ1) is 20.0. The number of hydrogen-bond acceptors (Lipinski definition) is 5. The third-order valence-electron chi connectivity index (χ3n) is 4.26. The fourth-order valence-corrected chi connectivity index (χ4v) is 3.47. The van der Waals surface area contributed by atoms with Gasteiger partial charge < -0.3 is 14.8 Å². The van der Waals surface area contributed by atoms with Crippen molar-refractivity contribution in [2.75, 3.05) is 11.9 Å². The van der Waals surface area contributed by atoms with E-state index in [1.54, 1.807) is 13.8 Å². The molecule has 1 N–H and O–H groups in total. The Morgan fingerprint density at radius 2 is 1.85 bits per heavy atom. The Balaban J connectivity index is 2.15. The average molecular weight is 375 g/mol. The molecule has 5 nitrogen and oxygen atoms in total. The van der Waals surface area contributed by atoms with Gasteiger partial charge in [0.15, 0.2) is 6.10 Å². The lowest BCUT2D eigenvalue weighted by atomic mass is 10.1. The van der Waals surface area contributed by atoms with E-state index in [-0.39, 0.29) is 12.5 Å². The molecule has 2 rings (SSSR count). The quantitative estimate of drug-likeness (QED) is 0.752. The predicted octanol–water partition coefficient (Wildman–Crippen LogP) is 4.56. The molecular weight excluding hydrogens is 350 g/mol. The monoisotopic (exact) mass is 375 g/mol. The summed E-state index contributed by atoms with van der Waals surface area (Å²) < 4.78 is 10.9. The van der Waals surface area contributed by atoms with Crippen molar-refractivity contribution in [1.29, 1.82) is 0 Å². The molecule has 0 fully saturated rings. The van der Waals surface area contributed by atoms with Gasteiger partial charge in [0, 0.05) is 4.88 Å². The lowest BCUT2D eigenvalue weighted by Crippen LogP contribution is -2.30. The van der Waals surface area contributed by atoms with Crippen LogP contribution in [0.4, 0.5) is 5.00 Å². The molecule has 140 valence electrons. The highest BCUT2D eigenvalue weighted by Gasteiger charge is 2.24. The molecule has 0 aliphatic carbocycles. The molecule has 26 heavy (non-hydrogen) atoms. The molecule has 6 heteroatoms. The largest absolute Gasteiger partial charge is 0.481 e. The fourth-order valence-electron chi connectivity index (χ4n) is 2.42. The molecule has 0 radical (unpaired) electrons. The number of aryl methyl sites for hydroxylation is 3. The van der Waals surface area contributed by atoms with Gasteiger partial charge in [0.1, 0.15) is 10.8 Å². The van der Waals surface area contributed by atoms with Crippen molar-refractivity contribution >= 4 is 28.2 Å². The average Bonchev–Trinajstić information content (AvgIpc) is 2.85. The lowest BCUT2D eigenvalue weighted by Gasteiger charge is -2.15. The minimum absolute atomic E-state index is 0.285. The molecule has 1 aromatic carbocycles. The second kappa shape index (κ2) is 8.36. The van der Waals surface area contributed by atoms with Gasteiger partial charge in [-0.3, -0.25) is 4.79 Å². The molecule has 1 heterocycles. The van der Waals surface area contributed by atoms with E-state index >= 15 is 0 Å². The van der Waals surface area contributed by atoms with Crippen molar-refractivity contribution in [2.45, 2.75) is 47.6 Å². The number of esters is 1. The first-order valence-electron chi connectivity index (χ1n) is 8.56. The van der Waals surface area contributed by atoms with E-state index in [1.807, 2.05) is 45.9 Å². The number of carbonyl (C=O) groups is 2. The summed E-state index contributed by atoms with van der Waals surface area (Å²) >= 11 is 1.36. The third-order valence-corrected chi connectivity index (χ3v) is 5.38. The van der Waals surface area contributed by atoms with Gasteiger partial charge in [-0.25, -0.2) is 4.79 Å².